The van der Waals surface area contributed by atoms with Gasteiger partial charge in [-0.05, 0) is 0 Å². The number of aromatic amines is 1. The summed E-state index contributed by atoms with van der Waals surface area (Å²) in [5, 5.41) is 19.0. The third kappa shape index (κ3) is 2.70. The van der Waals surface area contributed by atoms with Crippen LogP contribution in [0.3, 0.4) is 0 Å². The highest BCUT2D eigenvalue weighted by Gasteiger charge is 2.45. The average molecular weight is 286 g/mol. The number of hydrogen-bond donors (Lipinski definition) is 3. The predicted octanol–water partition coefficient (Wildman–Crippen LogP) is -2.63. The second kappa shape index (κ2) is 6.09. The SMILES string of the molecule is O=CCO[C@@H]1[C@H](O)[C@@H](CO)O[C@H]1n1ccc(=O)[nH]c1=O. The van der Waals surface area contributed by atoms with Gasteiger partial charge in [0.15, 0.2) is 6.23 Å². The van der Waals surface area contributed by atoms with E-state index in [-0.39, 0.29) is 6.61 Å². The Labute approximate surface area is 112 Å². The Hall–Kier alpha value is -1.81. The molecule has 0 amide bonds. The Morgan fingerprint density at radius 3 is 2.85 bits per heavy atom. The Morgan fingerprint density at radius 1 is 1.50 bits per heavy atom. The van der Waals surface area contributed by atoms with E-state index in [4.69, 9.17) is 14.6 Å². The number of aromatic nitrogens is 2. The van der Waals surface area contributed by atoms with Gasteiger partial charge in [0.05, 0.1) is 6.61 Å². The molecule has 1 aliphatic heterocycles. The predicted molar refractivity (Wildman–Crippen MR) is 64.1 cm³/mol. The number of rotatable bonds is 5. The molecule has 0 bridgehead atoms. The van der Waals surface area contributed by atoms with E-state index < -0.39 is 42.4 Å². The van der Waals surface area contributed by atoms with Crippen LogP contribution in [0.5, 0.6) is 0 Å². The summed E-state index contributed by atoms with van der Waals surface area (Å²) in [4.78, 5) is 35.1. The van der Waals surface area contributed by atoms with Crippen LogP contribution < -0.4 is 11.2 Å². The number of nitrogens with zero attached hydrogens (tertiary/aromatic N) is 1. The highest BCUT2D eigenvalue weighted by atomic mass is 16.6. The summed E-state index contributed by atoms with van der Waals surface area (Å²) in [7, 11) is 0. The molecule has 2 heterocycles. The molecular weight excluding hydrogens is 272 g/mol. The van der Waals surface area contributed by atoms with E-state index in [0.717, 1.165) is 10.6 Å². The molecule has 1 aliphatic rings. The molecule has 0 radical (unpaired) electrons. The molecular formula is C11H14N2O7. The number of aldehydes is 1. The van der Waals surface area contributed by atoms with E-state index in [1.54, 1.807) is 0 Å². The first kappa shape index (κ1) is 14.6. The quantitative estimate of drug-likeness (QED) is 0.505. The number of carbonyl (C=O) groups excluding carboxylic acids is 1. The first-order chi connectivity index (χ1) is 9.58. The molecule has 1 aromatic heterocycles. The van der Waals surface area contributed by atoms with E-state index in [0.29, 0.717) is 6.29 Å². The summed E-state index contributed by atoms with van der Waals surface area (Å²) in [6.45, 7) is -0.769. The van der Waals surface area contributed by atoms with Crippen molar-refractivity contribution in [1.29, 1.82) is 0 Å². The molecule has 9 nitrogen and oxygen atoms in total. The average Bonchev–Trinajstić information content (AvgIpc) is 2.73. The van der Waals surface area contributed by atoms with Crippen LogP contribution >= 0.6 is 0 Å². The van der Waals surface area contributed by atoms with E-state index >= 15 is 0 Å². The van der Waals surface area contributed by atoms with Crippen molar-refractivity contribution in [1.82, 2.24) is 9.55 Å². The Balaban J connectivity index is 2.33. The molecule has 0 saturated carbocycles. The number of nitrogens with one attached hydrogen (secondary N) is 1. The molecule has 0 aliphatic carbocycles. The topological polar surface area (TPSA) is 131 Å². The lowest BCUT2D eigenvalue weighted by Gasteiger charge is -2.21. The number of aliphatic hydroxyl groups excluding tert-OH is 2. The second-order valence-corrected chi connectivity index (χ2v) is 4.22. The third-order valence-corrected chi connectivity index (χ3v) is 2.97. The minimum Gasteiger partial charge on any atom is -0.394 e. The van der Waals surface area contributed by atoms with Gasteiger partial charge in [-0.2, -0.15) is 0 Å². The molecule has 3 N–H and O–H groups in total. The van der Waals surface area contributed by atoms with Crippen molar-refractivity contribution in [3.63, 3.8) is 0 Å². The lowest BCUT2D eigenvalue weighted by Crippen LogP contribution is -2.39. The second-order valence-electron chi connectivity index (χ2n) is 4.22. The molecule has 2 rings (SSSR count). The molecule has 0 spiro atoms. The maximum Gasteiger partial charge on any atom is 0.330 e. The van der Waals surface area contributed by atoms with Crippen molar-refractivity contribution < 1.29 is 24.5 Å². The monoisotopic (exact) mass is 286 g/mol. The minimum absolute atomic E-state index is 0.294. The molecule has 1 aromatic rings. The van der Waals surface area contributed by atoms with E-state index in [2.05, 4.69) is 0 Å². The first-order valence-corrected chi connectivity index (χ1v) is 5.89. The van der Waals surface area contributed by atoms with Gasteiger partial charge in [0.2, 0.25) is 0 Å². The lowest BCUT2D eigenvalue weighted by atomic mass is 10.1. The van der Waals surface area contributed by atoms with Crippen LogP contribution in [0.25, 0.3) is 0 Å². The van der Waals surface area contributed by atoms with Crippen molar-refractivity contribution in [3.8, 4) is 0 Å². The van der Waals surface area contributed by atoms with Crippen LogP contribution in [0, 0.1) is 0 Å². The summed E-state index contributed by atoms with van der Waals surface area (Å²) in [5.74, 6) is 0. The zero-order valence-corrected chi connectivity index (χ0v) is 10.3. The number of aliphatic hydroxyl groups is 2. The maximum atomic E-state index is 11.7. The van der Waals surface area contributed by atoms with Gasteiger partial charge < -0.3 is 24.5 Å². The van der Waals surface area contributed by atoms with Gasteiger partial charge >= 0.3 is 5.69 Å². The Morgan fingerprint density at radius 2 is 2.25 bits per heavy atom. The van der Waals surface area contributed by atoms with Crippen molar-refractivity contribution in [2.24, 2.45) is 0 Å². The fourth-order valence-corrected chi connectivity index (χ4v) is 2.05. The Kier molecular flexibility index (Phi) is 4.45. The molecule has 110 valence electrons. The fourth-order valence-electron chi connectivity index (χ4n) is 2.05. The largest absolute Gasteiger partial charge is 0.394 e. The molecule has 1 saturated heterocycles. The van der Waals surface area contributed by atoms with E-state index in [1.165, 1.54) is 6.20 Å². The number of ether oxygens (including phenoxy) is 2. The zero-order chi connectivity index (χ0) is 14.7. The lowest BCUT2D eigenvalue weighted by molar-refractivity contribution is -0.119. The Bertz CT molecular complexity index is 581. The molecule has 20 heavy (non-hydrogen) atoms. The minimum atomic E-state index is -1.20. The normalized spacial score (nSPS) is 29.5. The van der Waals surface area contributed by atoms with Crippen molar-refractivity contribution >= 4 is 6.29 Å². The van der Waals surface area contributed by atoms with Gasteiger partial charge in [-0.15, -0.1) is 0 Å². The highest BCUT2D eigenvalue weighted by Crippen LogP contribution is 2.30. The van der Waals surface area contributed by atoms with Crippen molar-refractivity contribution in [2.75, 3.05) is 13.2 Å². The standard InChI is InChI=1S/C11H14N2O7/c14-3-4-19-9-8(17)6(5-15)20-10(9)13-2-1-7(16)12-11(13)18/h1-3,6,8-10,15,17H,4-5H2,(H,12,16,18)/t6-,8-,9-,10-/m1/s1. The fraction of sp³-hybridized carbons (Fsp3) is 0.545. The van der Waals surface area contributed by atoms with Gasteiger partial charge in [0.25, 0.3) is 5.56 Å². The molecule has 0 aromatic carbocycles. The summed E-state index contributed by atoms with van der Waals surface area (Å²) in [6.07, 6.45) is -2.53. The highest BCUT2D eigenvalue weighted by molar-refractivity contribution is 5.50. The number of carbonyl (C=O) groups is 1. The van der Waals surface area contributed by atoms with Gasteiger partial charge in [-0.1, -0.05) is 0 Å². The van der Waals surface area contributed by atoms with E-state index in [1.807, 2.05) is 4.98 Å². The summed E-state index contributed by atoms with van der Waals surface area (Å²) in [5.41, 5.74) is -1.32. The summed E-state index contributed by atoms with van der Waals surface area (Å²) >= 11 is 0. The summed E-state index contributed by atoms with van der Waals surface area (Å²) in [6, 6.07) is 1.11. The third-order valence-electron chi connectivity index (χ3n) is 2.97. The van der Waals surface area contributed by atoms with Crippen LogP contribution in [-0.2, 0) is 14.3 Å². The molecule has 1 fully saturated rings. The van der Waals surface area contributed by atoms with Gasteiger partial charge in [0, 0.05) is 12.3 Å². The number of hydrogen-bond acceptors (Lipinski definition) is 7. The van der Waals surface area contributed by atoms with Gasteiger partial charge in [-0.25, -0.2) is 4.79 Å². The molecule has 4 atom stereocenters. The van der Waals surface area contributed by atoms with Gasteiger partial charge in [-0.3, -0.25) is 14.3 Å². The van der Waals surface area contributed by atoms with Crippen LogP contribution in [0.15, 0.2) is 21.9 Å². The van der Waals surface area contributed by atoms with Crippen LogP contribution in [0.4, 0.5) is 0 Å². The van der Waals surface area contributed by atoms with Crippen LogP contribution in [-0.4, -0.2) is 57.6 Å². The first-order valence-electron chi connectivity index (χ1n) is 5.89. The smallest absolute Gasteiger partial charge is 0.330 e. The van der Waals surface area contributed by atoms with Crippen molar-refractivity contribution in [3.05, 3.63) is 33.1 Å². The molecule has 9 heteroatoms. The molecule has 0 unspecified atom stereocenters. The van der Waals surface area contributed by atoms with Crippen molar-refractivity contribution in [2.45, 2.75) is 24.5 Å². The van der Waals surface area contributed by atoms with Crippen LogP contribution in [0.1, 0.15) is 6.23 Å². The van der Waals surface area contributed by atoms with Crippen LogP contribution in [0.2, 0.25) is 0 Å². The van der Waals surface area contributed by atoms with E-state index in [9.17, 15) is 19.5 Å². The summed E-state index contributed by atoms with van der Waals surface area (Å²) < 4.78 is 11.5. The number of H-pyrrole nitrogens is 1. The zero-order valence-electron chi connectivity index (χ0n) is 10.3. The maximum absolute atomic E-state index is 11.7. The van der Waals surface area contributed by atoms with Gasteiger partial charge in [0.1, 0.15) is 31.2 Å².